The number of phenolic OH excluding ortho intramolecular Hbond substituents is 1. The molecular weight excluding hydrogens is 335 g/mol. The van der Waals surface area contributed by atoms with Crippen molar-refractivity contribution in [2.24, 2.45) is 0 Å². The summed E-state index contributed by atoms with van der Waals surface area (Å²) in [6.45, 7) is 3.88. The van der Waals surface area contributed by atoms with Crippen molar-refractivity contribution in [2.45, 2.75) is 20.0 Å². The van der Waals surface area contributed by atoms with E-state index in [1.54, 1.807) is 6.08 Å². The molecular formula is C18H16Cl2O3. The second-order valence-electron chi connectivity index (χ2n) is 5.22. The molecule has 23 heavy (non-hydrogen) atoms. The van der Waals surface area contributed by atoms with Crippen molar-refractivity contribution in [1.82, 2.24) is 0 Å². The van der Waals surface area contributed by atoms with Gasteiger partial charge in [0.05, 0.1) is 16.7 Å². The molecule has 0 radical (unpaired) electrons. The number of rotatable bonds is 5. The summed E-state index contributed by atoms with van der Waals surface area (Å²) in [7, 11) is 0. The molecule has 0 spiro atoms. The second-order valence-corrected chi connectivity index (χ2v) is 6.06. The van der Waals surface area contributed by atoms with Gasteiger partial charge in [0.1, 0.15) is 11.5 Å². The molecule has 1 N–H and O–H groups in total. The van der Waals surface area contributed by atoms with E-state index in [1.165, 1.54) is 18.2 Å². The van der Waals surface area contributed by atoms with Gasteiger partial charge in [0, 0.05) is 5.02 Å². The van der Waals surface area contributed by atoms with Crippen molar-refractivity contribution in [2.75, 3.05) is 0 Å². The van der Waals surface area contributed by atoms with Gasteiger partial charge < -0.3 is 9.84 Å². The van der Waals surface area contributed by atoms with Crippen LogP contribution in [0.3, 0.4) is 0 Å². The Hall–Kier alpha value is -1.97. The van der Waals surface area contributed by atoms with Crippen molar-refractivity contribution in [3.8, 4) is 11.5 Å². The number of hydrogen-bond donors (Lipinski definition) is 1. The van der Waals surface area contributed by atoms with Gasteiger partial charge >= 0.3 is 0 Å². The number of carbonyl (C=O) groups excluding carboxylic acids is 1. The summed E-state index contributed by atoms with van der Waals surface area (Å²) in [5, 5.41) is 10.2. The monoisotopic (exact) mass is 350 g/mol. The third-order valence-corrected chi connectivity index (χ3v) is 3.46. The first-order valence-corrected chi connectivity index (χ1v) is 7.79. The summed E-state index contributed by atoms with van der Waals surface area (Å²) in [6, 6.07) is 10.1. The van der Waals surface area contributed by atoms with E-state index in [0.29, 0.717) is 0 Å². The van der Waals surface area contributed by atoms with Gasteiger partial charge in [0.15, 0.2) is 5.78 Å². The van der Waals surface area contributed by atoms with Crippen LogP contribution in [-0.4, -0.2) is 17.0 Å². The Labute approximate surface area is 145 Å². The van der Waals surface area contributed by atoms with Crippen LogP contribution in [0.25, 0.3) is 6.08 Å². The van der Waals surface area contributed by atoms with Crippen LogP contribution in [0, 0.1) is 0 Å². The first kappa shape index (κ1) is 17.4. The standard InChI is InChI=1S/C18H16Cl2O3/c1-11(2)23-14-5-3-4-12(8-14)6-7-17(21)15-9-13(19)10-16(20)18(15)22/h3-11,22H,1-2H3/b7-6+. The van der Waals surface area contributed by atoms with E-state index in [9.17, 15) is 9.90 Å². The average Bonchev–Trinajstić information content (AvgIpc) is 2.48. The number of allylic oxidation sites excluding steroid dienone is 1. The largest absolute Gasteiger partial charge is 0.506 e. The Bertz CT molecular complexity index is 752. The van der Waals surface area contributed by atoms with Crippen LogP contribution >= 0.6 is 23.2 Å². The SMILES string of the molecule is CC(C)Oc1cccc(/C=C/C(=O)c2cc(Cl)cc(Cl)c2O)c1. The number of benzene rings is 2. The van der Waals surface area contributed by atoms with E-state index in [2.05, 4.69) is 0 Å². The smallest absolute Gasteiger partial charge is 0.189 e. The van der Waals surface area contributed by atoms with Crippen LogP contribution in [0.4, 0.5) is 0 Å². The van der Waals surface area contributed by atoms with Crippen LogP contribution in [0.5, 0.6) is 11.5 Å². The zero-order chi connectivity index (χ0) is 17.0. The highest BCUT2D eigenvalue weighted by atomic mass is 35.5. The van der Waals surface area contributed by atoms with Crippen molar-refractivity contribution in [3.05, 3.63) is 63.6 Å². The summed E-state index contributed by atoms with van der Waals surface area (Å²) in [6.07, 6.45) is 3.07. The second kappa shape index (κ2) is 7.53. The Morgan fingerprint density at radius 2 is 1.96 bits per heavy atom. The highest BCUT2D eigenvalue weighted by Crippen LogP contribution is 2.31. The molecule has 120 valence electrons. The van der Waals surface area contributed by atoms with Gasteiger partial charge in [-0.15, -0.1) is 0 Å². The Morgan fingerprint density at radius 3 is 2.65 bits per heavy atom. The van der Waals surface area contributed by atoms with Crippen molar-refractivity contribution in [1.29, 1.82) is 0 Å². The number of phenols is 1. The predicted octanol–water partition coefficient (Wildman–Crippen LogP) is 5.38. The minimum atomic E-state index is -0.387. The third kappa shape index (κ3) is 4.75. The number of hydrogen-bond acceptors (Lipinski definition) is 3. The summed E-state index contributed by atoms with van der Waals surface area (Å²) in [5.74, 6) is 0.0629. The fourth-order valence-corrected chi connectivity index (χ4v) is 2.47. The molecule has 0 atom stereocenters. The van der Waals surface area contributed by atoms with Crippen LogP contribution in [-0.2, 0) is 0 Å². The zero-order valence-corrected chi connectivity index (χ0v) is 14.2. The Balaban J connectivity index is 2.22. The molecule has 0 aliphatic heterocycles. The molecule has 0 saturated carbocycles. The van der Waals surface area contributed by atoms with E-state index in [4.69, 9.17) is 27.9 Å². The molecule has 2 aromatic rings. The highest BCUT2D eigenvalue weighted by Gasteiger charge is 2.13. The van der Waals surface area contributed by atoms with Gasteiger partial charge in [0.25, 0.3) is 0 Å². The van der Waals surface area contributed by atoms with E-state index in [0.717, 1.165) is 11.3 Å². The molecule has 2 rings (SSSR count). The lowest BCUT2D eigenvalue weighted by molar-refractivity contribution is 0.104. The summed E-state index contributed by atoms with van der Waals surface area (Å²) in [5.41, 5.74) is 0.873. The van der Waals surface area contributed by atoms with E-state index >= 15 is 0 Å². The maximum atomic E-state index is 12.2. The van der Waals surface area contributed by atoms with Gasteiger partial charge in [-0.25, -0.2) is 0 Å². The van der Waals surface area contributed by atoms with Crippen LogP contribution in [0.1, 0.15) is 29.8 Å². The fourth-order valence-electron chi connectivity index (χ4n) is 1.98. The molecule has 2 aromatic carbocycles. The fraction of sp³-hybridized carbons (Fsp3) is 0.167. The number of halogens is 2. The summed E-state index contributed by atoms with van der Waals surface area (Å²) in [4.78, 5) is 12.2. The lowest BCUT2D eigenvalue weighted by Crippen LogP contribution is -2.05. The molecule has 0 bridgehead atoms. The van der Waals surface area contributed by atoms with Crippen molar-refractivity contribution in [3.63, 3.8) is 0 Å². The number of ketones is 1. The first-order chi connectivity index (χ1) is 10.9. The lowest BCUT2D eigenvalue weighted by Gasteiger charge is -2.09. The highest BCUT2D eigenvalue weighted by molar-refractivity contribution is 6.36. The van der Waals surface area contributed by atoms with Crippen molar-refractivity contribution < 1.29 is 14.6 Å². The predicted molar refractivity (Wildman–Crippen MR) is 93.7 cm³/mol. The molecule has 0 aliphatic carbocycles. The minimum absolute atomic E-state index is 0.0431. The zero-order valence-electron chi connectivity index (χ0n) is 12.7. The minimum Gasteiger partial charge on any atom is -0.506 e. The quantitative estimate of drug-likeness (QED) is 0.581. The Kier molecular flexibility index (Phi) is 5.69. The average molecular weight is 351 g/mol. The topological polar surface area (TPSA) is 46.5 Å². The normalized spacial score (nSPS) is 11.2. The molecule has 3 nitrogen and oxygen atoms in total. The Morgan fingerprint density at radius 1 is 1.22 bits per heavy atom. The molecule has 0 unspecified atom stereocenters. The number of carbonyl (C=O) groups is 1. The third-order valence-electron chi connectivity index (χ3n) is 2.95. The maximum absolute atomic E-state index is 12.2. The molecule has 5 heteroatoms. The summed E-state index contributed by atoms with van der Waals surface area (Å²) < 4.78 is 5.60. The van der Waals surface area contributed by atoms with Crippen LogP contribution < -0.4 is 4.74 Å². The van der Waals surface area contributed by atoms with Crippen LogP contribution in [0.15, 0.2) is 42.5 Å². The lowest BCUT2D eigenvalue weighted by atomic mass is 10.1. The van der Waals surface area contributed by atoms with Gasteiger partial charge in [0.2, 0.25) is 0 Å². The number of ether oxygens (including phenoxy) is 1. The molecule has 0 heterocycles. The van der Waals surface area contributed by atoms with Gasteiger partial charge in [-0.3, -0.25) is 4.79 Å². The van der Waals surface area contributed by atoms with Crippen molar-refractivity contribution >= 4 is 35.1 Å². The van der Waals surface area contributed by atoms with E-state index in [1.807, 2.05) is 38.1 Å². The van der Waals surface area contributed by atoms with E-state index in [-0.39, 0.29) is 33.2 Å². The molecule has 0 fully saturated rings. The molecule has 0 amide bonds. The molecule has 0 aliphatic rings. The first-order valence-electron chi connectivity index (χ1n) is 7.04. The van der Waals surface area contributed by atoms with E-state index < -0.39 is 0 Å². The summed E-state index contributed by atoms with van der Waals surface area (Å²) >= 11 is 11.7. The molecule has 0 saturated heterocycles. The number of aromatic hydroxyl groups is 1. The van der Waals surface area contributed by atoms with Gasteiger partial charge in [-0.2, -0.15) is 0 Å². The van der Waals surface area contributed by atoms with Gasteiger partial charge in [-0.05, 0) is 49.8 Å². The molecule has 0 aromatic heterocycles. The maximum Gasteiger partial charge on any atom is 0.189 e. The van der Waals surface area contributed by atoms with Crippen LogP contribution in [0.2, 0.25) is 10.0 Å². The van der Waals surface area contributed by atoms with Gasteiger partial charge in [-0.1, -0.05) is 41.4 Å².